The van der Waals surface area contributed by atoms with Crippen LogP contribution in [0.5, 0.6) is 0 Å². The minimum atomic E-state index is -0.234. The van der Waals surface area contributed by atoms with Gasteiger partial charge in [-0.05, 0) is 26.7 Å². The highest BCUT2D eigenvalue weighted by Gasteiger charge is 2.26. The summed E-state index contributed by atoms with van der Waals surface area (Å²) in [7, 11) is 1.43. The first kappa shape index (κ1) is 15.8. The first-order valence-electron chi connectivity index (χ1n) is 7.66. The van der Waals surface area contributed by atoms with Gasteiger partial charge in [-0.25, -0.2) is 4.79 Å². The Bertz CT molecular complexity index is 498. The van der Waals surface area contributed by atoms with Crippen LogP contribution >= 0.6 is 0 Å². The summed E-state index contributed by atoms with van der Waals surface area (Å²) in [4.78, 5) is 13.2. The Hall–Kier alpha value is -1.56. The molecule has 1 N–H and O–H groups in total. The molecular formula is C15H26N4O2. The first-order valence-corrected chi connectivity index (χ1v) is 7.66. The molecule has 2 heterocycles. The number of hydrogen-bond donors (Lipinski definition) is 1. The van der Waals surface area contributed by atoms with Crippen molar-refractivity contribution in [1.29, 1.82) is 0 Å². The number of aryl methyl sites for hydroxylation is 2. The van der Waals surface area contributed by atoms with Gasteiger partial charge in [0.2, 0.25) is 0 Å². The van der Waals surface area contributed by atoms with Crippen LogP contribution in [0.2, 0.25) is 0 Å². The molecule has 2 rings (SSSR count). The Morgan fingerprint density at radius 1 is 1.48 bits per heavy atom. The van der Waals surface area contributed by atoms with Crippen LogP contribution in [0.15, 0.2) is 0 Å². The molecule has 1 saturated heterocycles. The topological polar surface area (TPSA) is 59.4 Å². The smallest absolute Gasteiger partial charge is 0.409 e. The van der Waals surface area contributed by atoms with Crippen molar-refractivity contribution >= 4 is 6.09 Å². The number of amides is 1. The Kier molecular flexibility index (Phi) is 5.22. The summed E-state index contributed by atoms with van der Waals surface area (Å²) < 4.78 is 6.84. The zero-order chi connectivity index (χ0) is 15.4. The maximum absolute atomic E-state index is 11.5. The molecule has 1 atom stereocenters. The molecule has 0 saturated carbocycles. The average molecular weight is 294 g/mol. The van der Waals surface area contributed by atoms with Crippen LogP contribution in [0.4, 0.5) is 4.79 Å². The van der Waals surface area contributed by atoms with E-state index in [0.717, 1.165) is 38.2 Å². The monoisotopic (exact) mass is 294 g/mol. The van der Waals surface area contributed by atoms with E-state index in [-0.39, 0.29) is 6.09 Å². The maximum Gasteiger partial charge on any atom is 0.409 e. The molecule has 0 aliphatic carbocycles. The zero-order valence-electron chi connectivity index (χ0n) is 13.5. The molecule has 0 aromatic carbocycles. The van der Waals surface area contributed by atoms with Crippen LogP contribution in [0.25, 0.3) is 0 Å². The van der Waals surface area contributed by atoms with Crippen molar-refractivity contribution in [2.75, 3.05) is 20.2 Å². The summed E-state index contributed by atoms with van der Waals surface area (Å²) >= 11 is 0. The third-order valence-corrected chi connectivity index (χ3v) is 4.16. The van der Waals surface area contributed by atoms with E-state index in [4.69, 9.17) is 4.74 Å². The number of aromatic nitrogens is 2. The van der Waals surface area contributed by atoms with Crippen LogP contribution in [0, 0.1) is 13.8 Å². The highest BCUT2D eigenvalue weighted by molar-refractivity contribution is 5.67. The van der Waals surface area contributed by atoms with Crippen molar-refractivity contribution in [2.45, 2.75) is 52.7 Å². The van der Waals surface area contributed by atoms with Gasteiger partial charge in [-0.1, -0.05) is 6.92 Å². The van der Waals surface area contributed by atoms with E-state index >= 15 is 0 Å². The molecule has 6 heteroatoms. The summed E-state index contributed by atoms with van der Waals surface area (Å²) in [5.41, 5.74) is 3.61. The summed E-state index contributed by atoms with van der Waals surface area (Å²) in [6.07, 6.45) is 1.82. The molecule has 1 fully saturated rings. The molecule has 1 amide bonds. The van der Waals surface area contributed by atoms with Gasteiger partial charge in [0.05, 0.1) is 12.8 Å². The third kappa shape index (κ3) is 3.56. The van der Waals surface area contributed by atoms with Crippen LogP contribution in [0.1, 0.15) is 36.7 Å². The highest BCUT2D eigenvalue weighted by Crippen LogP contribution is 2.15. The lowest BCUT2D eigenvalue weighted by Gasteiger charge is -2.15. The maximum atomic E-state index is 11.5. The standard InChI is InChI=1S/C15H26N4O2/c1-5-7-19-12(3)14(11(2)17-19)9-16-13-6-8-18(10-13)15(20)21-4/h13,16H,5-10H2,1-4H3/t13-/m0/s1. The van der Waals surface area contributed by atoms with Gasteiger partial charge in [0.1, 0.15) is 0 Å². The van der Waals surface area contributed by atoms with Gasteiger partial charge >= 0.3 is 6.09 Å². The van der Waals surface area contributed by atoms with Crippen LogP contribution in [-0.2, 0) is 17.8 Å². The molecule has 0 bridgehead atoms. The Morgan fingerprint density at radius 2 is 2.24 bits per heavy atom. The summed E-state index contributed by atoms with van der Waals surface area (Å²) in [5.74, 6) is 0. The molecule has 1 aliphatic heterocycles. The van der Waals surface area contributed by atoms with Crippen molar-refractivity contribution in [3.8, 4) is 0 Å². The van der Waals surface area contributed by atoms with Crippen molar-refractivity contribution in [3.05, 3.63) is 17.0 Å². The van der Waals surface area contributed by atoms with Gasteiger partial charge in [-0.2, -0.15) is 5.10 Å². The number of methoxy groups -OCH3 is 1. The van der Waals surface area contributed by atoms with E-state index in [9.17, 15) is 4.79 Å². The van der Waals surface area contributed by atoms with Crippen molar-refractivity contribution < 1.29 is 9.53 Å². The number of nitrogens with zero attached hydrogens (tertiary/aromatic N) is 3. The van der Waals surface area contributed by atoms with Gasteiger partial charge in [-0.15, -0.1) is 0 Å². The Morgan fingerprint density at radius 3 is 2.90 bits per heavy atom. The number of hydrogen-bond acceptors (Lipinski definition) is 4. The molecule has 0 spiro atoms. The van der Waals surface area contributed by atoms with Gasteiger partial charge in [0.25, 0.3) is 0 Å². The first-order chi connectivity index (χ1) is 10.1. The Balaban J connectivity index is 1.91. The molecule has 1 aliphatic rings. The quantitative estimate of drug-likeness (QED) is 0.900. The summed E-state index contributed by atoms with van der Waals surface area (Å²) in [5, 5.41) is 8.13. The predicted molar refractivity (Wildman–Crippen MR) is 81.2 cm³/mol. The van der Waals surface area contributed by atoms with Crippen LogP contribution < -0.4 is 5.32 Å². The second-order valence-electron chi connectivity index (χ2n) is 5.66. The molecule has 1 aromatic heterocycles. The number of likely N-dealkylation sites (tertiary alicyclic amines) is 1. The van der Waals surface area contributed by atoms with Gasteiger partial charge < -0.3 is 15.0 Å². The van der Waals surface area contributed by atoms with E-state index < -0.39 is 0 Å². The van der Waals surface area contributed by atoms with Crippen LogP contribution in [0.3, 0.4) is 0 Å². The fourth-order valence-electron chi connectivity index (χ4n) is 2.89. The third-order valence-electron chi connectivity index (χ3n) is 4.16. The molecule has 21 heavy (non-hydrogen) atoms. The second-order valence-corrected chi connectivity index (χ2v) is 5.66. The second kappa shape index (κ2) is 6.93. The van der Waals surface area contributed by atoms with E-state index in [0.29, 0.717) is 12.6 Å². The number of carbonyl (C=O) groups is 1. The minimum absolute atomic E-state index is 0.234. The number of ether oxygens (including phenoxy) is 1. The molecule has 118 valence electrons. The average Bonchev–Trinajstić information content (AvgIpc) is 3.03. The predicted octanol–water partition coefficient (Wildman–Crippen LogP) is 1.84. The molecule has 6 nitrogen and oxygen atoms in total. The number of carbonyl (C=O) groups excluding carboxylic acids is 1. The highest BCUT2D eigenvalue weighted by atomic mass is 16.5. The van der Waals surface area contributed by atoms with Gasteiger partial charge in [0.15, 0.2) is 0 Å². The van der Waals surface area contributed by atoms with Crippen molar-refractivity contribution in [1.82, 2.24) is 20.0 Å². The summed E-state index contributed by atoms with van der Waals surface area (Å²) in [6, 6.07) is 0.331. The SMILES string of the molecule is CCCn1nc(C)c(CN[C@H]2CCN(C(=O)OC)C2)c1C. The van der Waals surface area contributed by atoms with E-state index in [2.05, 4.69) is 35.9 Å². The van der Waals surface area contributed by atoms with Gasteiger partial charge in [-0.3, -0.25) is 4.68 Å². The van der Waals surface area contributed by atoms with E-state index in [1.807, 2.05) is 0 Å². The lowest BCUT2D eigenvalue weighted by molar-refractivity contribution is 0.132. The van der Waals surface area contributed by atoms with E-state index in [1.54, 1.807) is 4.90 Å². The fourth-order valence-corrected chi connectivity index (χ4v) is 2.89. The normalized spacial score (nSPS) is 18.3. The van der Waals surface area contributed by atoms with Crippen molar-refractivity contribution in [2.24, 2.45) is 0 Å². The lowest BCUT2D eigenvalue weighted by Crippen LogP contribution is -2.35. The van der Waals surface area contributed by atoms with Crippen molar-refractivity contribution in [3.63, 3.8) is 0 Å². The zero-order valence-corrected chi connectivity index (χ0v) is 13.5. The number of rotatable bonds is 5. The van der Waals surface area contributed by atoms with Gasteiger partial charge in [0, 0.05) is 43.5 Å². The molecule has 0 radical (unpaired) electrons. The van der Waals surface area contributed by atoms with E-state index in [1.165, 1.54) is 18.4 Å². The minimum Gasteiger partial charge on any atom is -0.453 e. The molecule has 0 unspecified atom stereocenters. The molecule has 1 aromatic rings. The largest absolute Gasteiger partial charge is 0.453 e. The van der Waals surface area contributed by atoms with Crippen LogP contribution in [-0.4, -0.2) is 47.0 Å². The lowest BCUT2D eigenvalue weighted by atomic mass is 10.1. The number of nitrogens with one attached hydrogen (secondary N) is 1. The molecular weight excluding hydrogens is 268 g/mol. The summed E-state index contributed by atoms with van der Waals surface area (Å²) in [6.45, 7) is 9.60. The fraction of sp³-hybridized carbons (Fsp3) is 0.733. The Labute approximate surface area is 126 Å².